The fourth-order valence-electron chi connectivity index (χ4n) is 5.86. The fourth-order valence-corrected chi connectivity index (χ4v) is 9.60. The summed E-state index contributed by atoms with van der Waals surface area (Å²) in [4.78, 5) is 77.4. The van der Waals surface area contributed by atoms with Gasteiger partial charge in [-0.3, -0.25) is 14.4 Å². The van der Waals surface area contributed by atoms with Gasteiger partial charge in [0, 0.05) is 4.75 Å². The van der Waals surface area contributed by atoms with Gasteiger partial charge in [0.1, 0.15) is 34.9 Å². The SMILES string of the molecule is CC1(C)S[C@@H]2[C@H](NC(=O)C(N)c3ccccc3)C(=O)N2[C@H]1C(=O)OCOC(=O)OCOC(=O)[C@@H]1N2C(=O)C[C@H]2S(=O)(=O)C1(C)C. The number of sulfone groups is 1. The van der Waals surface area contributed by atoms with Gasteiger partial charge < -0.3 is 39.8 Å². The molecule has 4 fully saturated rings. The molecule has 0 aliphatic carbocycles. The highest BCUT2D eigenvalue weighted by atomic mass is 32.2. The van der Waals surface area contributed by atoms with Crippen molar-refractivity contribution in [2.24, 2.45) is 5.73 Å². The Morgan fingerprint density at radius 3 is 2.11 bits per heavy atom. The smallest absolute Gasteiger partial charge is 0.426 e. The summed E-state index contributed by atoms with van der Waals surface area (Å²) in [6.07, 6.45) is -1.59. The molecule has 0 spiro atoms. The predicted octanol–water partition coefficient (Wildman–Crippen LogP) is -0.478. The van der Waals surface area contributed by atoms with Crippen LogP contribution in [-0.4, -0.2) is 106 Å². The molecule has 18 heteroatoms. The van der Waals surface area contributed by atoms with E-state index in [9.17, 15) is 37.2 Å². The third-order valence-corrected chi connectivity index (χ3v) is 12.7. The minimum atomic E-state index is -3.83. The van der Waals surface area contributed by atoms with Crippen LogP contribution in [-0.2, 0) is 52.8 Å². The molecule has 3 amide bonds. The number of amides is 3. The molecule has 0 saturated carbocycles. The van der Waals surface area contributed by atoms with Crippen molar-refractivity contribution < 1.29 is 56.1 Å². The summed E-state index contributed by atoms with van der Waals surface area (Å²) in [5.74, 6) is -3.51. The van der Waals surface area contributed by atoms with Gasteiger partial charge >= 0.3 is 18.1 Å². The number of nitrogens with two attached hydrogens (primary N) is 1. The molecule has 1 aromatic rings. The molecule has 6 atom stereocenters. The third-order valence-electron chi connectivity index (χ3n) is 8.36. The van der Waals surface area contributed by atoms with Gasteiger partial charge in [-0.25, -0.2) is 22.8 Å². The largest absolute Gasteiger partial charge is 0.514 e. The Balaban J connectivity index is 1.07. The first-order valence-electron chi connectivity index (χ1n) is 13.8. The van der Waals surface area contributed by atoms with E-state index in [4.69, 9.17) is 19.9 Å². The van der Waals surface area contributed by atoms with Crippen molar-refractivity contribution in [2.75, 3.05) is 13.6 Å². The van der Waals surface area contributed by atoms with E-state index in [-0.39, 0.29) is 6.42 Å². The second-order valence-electron chi connectivity index (χ2n) is 11.8. The van der Waals surface area contributed by atoms with Gasteiger partial charge in [-0.1, -0.05) is 30.3 Å². The average Bonchev–Trinajstić information content (AvgIpc) is 3.30. The van der Waals surface area contributed by atoms with Gasteiger partial charge in [0.05, 0.1) is 11.2 Å². The topological polar surface area (TPSA) is 218 Å². The molecule has 0 bridgehead atoms. The Hall–Kier alpha value is -3.90. The highest BCUT2D eigenvalue weighted by Crippen LogP contribution is 2.51. The van der Waals surface area contributed by atoms with Crippen molar-refractivity contribution >= 4 is 57.4 Å². The van der Waals surface area contributed by atoms with E-state index in [0.717, 1.165) is 4.90 Å². The number of hydrogen-bond acceptors (Lipinski definition) is 14. The van der Waals surface area contributed by atoms with Crippen LogP contribution >= 0.6 is 11.8 Å². The number of fused-ring (bicyclic) bond motifs is 2. The Morgan fingerprint density at radius 1 is 0.956 bits per heavy atom. The van der Waals surface area contributed by atoms with E-state index in [1.54, 1.807) is 44.2 Å². The van der Waals surface area contributed by atoms with E-state index < -0.39 is 104 Å². The molecule has 4 saturated heterocycles. The molecule has 5 rings (SSSR count). The number of nitrogens with one attached hydrogen (secondary N) is 1. The lowest BCUT2D eigenvalue weighted by Crippen LogP contribution is -2.71. The normalized spacial score (nSPS) is 28.9. The number of thioether (sulfide) groups is 1. The molecule has 1 aromatic carbocycles. The molecular formula is C27H32N4O12S2. The van der Waals surface area contributed by atoms with E-state index in [1.165, 1.54) is 30.5 Å². The van der Waals surface area contributed by atoms with E-state index >= 15 is 0 Å². The van der Waals surface area contributed by atoms with Gasteiger partial charge in [-0.2, -0.15) is 0 Å². The molecule has 0 aromatic heterocycles. The summed E-state index contributed by atoms with van der Waals surface area (Å²) in [6.45, 7) is 4.21. The van der Waals surface area contributed by atoms with Gasteiger partial charge in [0.25, 0.3) is 0 Å². The molecule has 16 nitrogen and oxygen atoms in total. The summed E-state index contributed by atoms with van der Waals surface area (Å²) in [6, 6.07) is 4.28. The summed E-state index contributed by atoms with van der Waals surface area (Å²) >= 11 is 1.29. The number of hydrogen-bond donors (Lipinski definition) is 2. The molecule has 4 aliphatic heterocycles. The number of rotatable bonds is 9. The summed E-state index contributed by atoms with van der Waals surface area (Å²) in [5, 5.41) is 0.994. The minimum Gasteiger partial charge on any atom is -0.426 e. The van der Waals surface area contributed by atoms with E-state index in [0.29, 0.717) is 5.56 Å². The number of ether oxygens (including phenoxy) is 4. The van der Waals surface area contributed by atoms with Crippen LogP contribution in [0, 0.1) is 0 Å². The second-order valence-corrected chi connectivity index (χ2v) is 16.3. The molecule has 45 heavy (non-hydrogen) atoms. The number of nitrogens with zero attached hydrogens (tertiary/aromatic N) is 2. The lowest BCUT2D eigenvalue weighted by Gasteiger charge is -2.44. The van der Waals surface area contributed by atoms with Crippen molar-refractivity contribution in [1.29, 1.82) is 0 Å². The molecule has 1 unspecified atom stereocenters. The minimum absolute atomic E-state index is 0.221. The van der Waals surface area contributed by atoms with Crippen LogP contribution in [0.25, 0.3) is 0 Å². The first-order chi connectivity index (χ1) is 21.0. The number of carbonyl (C=O) groups is 6. The number of carbonyl (C=O) groups excluding carboxylic acids is 6. The number of esters is 2. The lowest BCUT2D eigenvalue weighted by atomic mass is 9.95. The Bertz CT molecular complexity index is 1550. The van der Waals surface area contributed by atoms with Crippen molar-refractivity contribution in [2.45, 2.75) is 78.5 Å². The van der Waals surface area contributed by atoms with Crippen LogP contribution in [0.3, 0.4) is 0 Å². The van der Waals surface area contributed by atoms with Gasteiger partial charge in [-0.05, 0) is 33.3 Å². The van der Waals surface area contributed by atoms with Crippen LogP contribution in [0.1, 0.15) is 45.7 Å². The average molecular weight is 669 g/mol. The molecular weight excluding hydrogens is 636 g/mol. The maximum Gasteiger partial charge on any atom is 0.514 e. The third kappa shape index (κ3) is 5.37. The Kier molecular flexibility index (Phi) is 8.28. The van der Waals surface area contributed by atoms with Gasteiger partial charge in [0.15, 0.2) is 9.84 Å². The predicted molar refractivity (Wildman–Crippen MR) is 153 cm³/mol. The highest BCUT2D eigenvalue weighted by molar-refractivity contribution is 8.01. The zero-order chi connectivity index (χ0) is 33.1. The number of benzene rings is 1. The quantitative estimate of drug-likeness (QED) is 0.193. The molecule has 0 radical (unpaired) electrons. The standard InChI is InChI=1S/C27H32N4O12S2/c1-26(2)18(31-21(34)17(22(31)44-26)29-20(33)16(28)13-8-6-5-7-9-13)23(35)40-11-42-25(37)43-12-41-24(36)19-27(3,4)45(38,39)15-10-14(32)30(15)19/h5-9,15-19,22H,10-12,28H2,1-4H3,(H,29,33)/t15-,16?,17-,18+,19+,22-/m1/s1. The van der Waals surface area contributed by atoms with Crippen molar-refractivity contribution in [3.05, 3.63) is 35.9 Å². The Morgan fingerprint density at radius 2 is 1.53 bits per heavy atom. The summed E-state index contributed by atoms with van der Waals surface area (Å²) in [7, 11) is -3.83. The van der Waals surface area contributed by atoms with Crippen LogP contribution in [0.15, 0.2) is 30.3 Å². The second kappa shape index (κ2) is 11.5. The molecule has 4 aliphatic rings. The van der Waals surface area contributed by atoms with E-state index in [1.807, 2.05) is 0 Å². The fraction of sp³-hybridized carbons (Fsp3) is 0.556. The van der Waals surface area contributed by atoms with Gasteiger partial charge in [-0.15, -0.1) is 11.8 Å². The first-order valence-corrected chi connectivity index (χ1v) is 16.2. The number of β-lactam (4-membered cyclic amide) rings is 2. The summed E-state index contributed by atoms with van der Waals surface area (Å²) < 4.78 is 42.1. The summed E-state index contributed by atoms with van der Waals surface area (Å²) in [5.41, 5.74) is 6.61. The highest BCUT2D eigenvalue weighted by Gasteiger charge is 2.68. The molecule has 244 valence electrons. The van der Waals surface area contributed by atoms with Crippen LogP contribution in [0.5, 0.6) is 0 Å². The van der Waals surface area contributed by atoms with Crippen LogP contribution in [0.4, 0.5) is 4.79 Å². The monoisotopic (exact) mass is 668 g/mol. The van der Waals surface area contributed by atoms with Gasteiger partial charge in [0.2, 0.25) is 31.3 Å². The van der Waals surface area contributed by atoms with Crippen LogP contribution in [0.2, 0.25) is 0 Å². The first kappa shape index (κ1) is 32.5. The van der Waals surface area contributed by atoms with Crippen LogP contribution < -0.4 is 11.1 Å². The van der Waals surface area contributed by atoms with Crippen molar-refractivity contribution in [3.8, 4) is 0 Å². The Labute approximate surface area is 262 Å². The lowest BCUT2D eigenvalue weighted by molar-refractivity contribution is -0.173. The molecule has 3 N–H and O–H groups in total. The zero-order valence-corrected chi connectivity index (χ0v) is 26.3. The van der Waals surface area contributed by atoms with Crippen molar-refractivity contribution in [1.82, 2.24) is 15.1 Å². The zero-order valence-electron chi connectivity index (χ0n) is 24.7. The van der Waals surface area contributed by atoms with E-state index in [2.05, 4.69) is 10.1 Å². The molecule has 4 heterocycles. The maximum absolute atomic E-state index is 13.0. The maximum atomic E-state index is 13.0. The van der Waals surface area contributed by atoms with Crippen molar-refractivity contribution in [3.63, 3.8) is 0 Å².